The number of anilines is 1. The Bertz CT molecular complexity index is 398. The summed E-state index contributed by atoms with van der Waals surface area (Å²) in [5.41, 5.74) is 2.54. The molecule has 14 heavy (non-hydrogen) atoms. The molecule has 0 amide bonds. The number of aryl methyl sites for hydroxylation is 1. The number of hydrogen-bond donors (Lipinski definition) is 1. The van der Waals surface area contributed by atoms with Crippen LogP contribution in [0.1, 0.15) is 11.1 Å². The smallest absolute Gasteiger partial charge is 0.160 e. The van der Waals surface area contributed by atoms with Crippen LogP contribution >= 0.6 is 11.7 Å². The second-order valence-electron chi connectivity index (χ2n) is 3.14. The van der Waals surface area contributed by atoms with Crippen LogP contribution in [-0.2, 0) is 6.54 Å². The quantitative estimate of drug-likeness (QED) is 0.836. The van der Waals surface area contributed by atoms with Crippen molar-refractivity contribution >= 4 is 17.5 Å². The number of aromatic nitrogens is 2. The predicted molar refractivity (Wildman–Crippen MR) is 58.4 cm³/mol. The molecule has 0 aliphatic rings. The molecule has 0 radical (unpaired) electrons. The van der Waals surface area contributed by atoms with Gasteiger partial charge >= 0.3 is 0 Å². The van der Waals surface area contributed by atoms with E-state index in [0.29, 0.717) is 0 Å². The summed E-state index contributed by atoms with van der Waals surface area (Å²) < 4.78 is 7.99. The van der Waals surface area contributed by atoms with Crippen molar-refractivity contribution in [3.05, 3.63) is 41.6 Å². The van der Waals surface area contributed by atoms with Gasteiger partial charge in [0.1, 0.15) is 0 Å². The summed E-state index contributed by atoms with van der Waals surface area (Å²) in [7, 11) is 0. The van der Waals surface area contributed by atoms with Crippen molar-refractivity contribution < 1.29 is 0 Å². The minimum atomic E-state index is 0.799. The Balaban J connectivity index is 1.98. The average Bonchev–Trinajstić information content (AvgIpc) is 2.67. The van der Waals surface area contributed by atoms with Gasteiger partial charge in [-0.15, -0.1) is 0 Å². The van der Waals surface area contributed by atoms with E-state index in [-0.39, 0.29) is 0 Å². The fraction of sp³-hybridized carbons (Fsp3) is 0.200. The molecule has 0 saturated carbocycles. The Kier molecular flexibility index (Phi) is 2.74. The molecular weight excluding hydrogens is 194 g/mol. The summed E-state index contributed by atoms with van der Waals surface area (Å²) in [6.07, 6.45) is 1.74. The van der Waals surface area contributed by atoms with Gasteiger partial charge in [-0.25, -0.2) is 0 Å². The maximum Gasteiger partial charge on any atom is 0.160 e. The second-order valence-corrected chi connectivity index (χ2v) is 3.69. The zero-order valence-corrected chi connectivity index (χ0v) is 8.71. The van der Waals surface area contributed by atoms with E-state index in [9.17, 15) is 0 Å². The standard InChI is InChI=1S/C10H11N3S/c1-8-3-2-4-9(5-8)6-11-10-7-12-14-13-10/h2-5,7H,6H2,1H3,(H,11,13). The van der Waals surface area contributed by atoms with Crippen LogP contribution in [0.3, 0.4) is 0 Å². The number of hydrogen-bond acceptors (Lipinski definition) is 4. The van der Waals surface area contributed by atoms with Crippen molar-refractivity contribution in [1.82, 2.24) is 8.75 Å². The van der Waals surface area contributed by atoms with Gasteiger partial charge in [-0.05, 0) is 12.5 Å². The van der Waals surface area contributed by atoms with Crippen LogP contribution in [0.15, 0.2) is 30.5 Å². The van der Waals surface area contributed by atoms with Crippen LogP contribution in [0.5, 0.6) is 0 Å². The Morgan fingerprint density at radius 2 is 2.36 bits per heavy atom. The molecule has 0 aliphatic carbocycles. The molecule has 0 unspecified atom stereocenters. The van der Waals surface area contributed by atoms with E-state index in [0.717, 1.165) is 12.4 Å². The number of nitrogens with one attached hydrogen (secondary N) is 1. The van der Waals surface area contributed by atoms with Gasteiger partial charge in [-0.1, -0.05) is 29.8 Å². The largest absolute Gasteiger partial charge is 0.364 e. The molecule has 0 aliphatic heterocycles. The van der Waals surface area contributed by atoms with Crippen molar-refractivity contribution in [1.29, 1.82) is 0 Å². The third kappa shape index (κ3) is 2.29. The number of benzene rings is 1. The highest BCUT2D eigenvalue weighted by Gasteiger charge is 1.95. The monoisotopic (exact) mass is 205 g/mol. The van der Waals surface area contributed by atoms with Crippen molar-refractivity contribution in [2.75, 3.05) is 5.32 Å². The first-order valence-corrected chi connectivity index (χ1v) is 5.14. The summed E-state index contributed by atoms with van der Waals surface area (Å²) in [6.45, 7) is 2.89. The van der Waals surface area contributed by atoms with E-state index in [1.54, 1.807) is 6.20 Å². The molecule has 3 nitrogen and oxygen atoms in total. The minimum Gasteiger partial charge on any atom is -0.364 e. The fourth-order valence-electron chi connectivity index (χ4n) is 1.26. The minimum absolute atomic E-state index is 0.799. The predicted octanol–water partition coefficient (Wildman–Crippen LogP) is 2.46. The van der Waals surface area contributed by atoms with E-state index < -0.39 is 0 Å². The second kappa shape index (κ2) is 4.19. The molecule has 0 fully saturated rings. The molecule has 2 aromatic rings. The lowest BCUT2D eigenvalue weighted by molar-refractivity contribution is 1.12. The first-order chi connectivity index (χ1) is 6.84. The van der Waals surface area contributed by atoms with Gasteiger partial charge < -0.3 is 5.32 Å². The highest BCUT2D eigenvalue weighted by molar-refractivity contribution is 6.99. The summed E-state index contributed by atoms with van der Waals surface area (Å²) in [4.78, 5) is 0. The Morgan fingerprint density at radius 1 is 1.43 bits per heavy atom. The van der Waals surface area contributed by atoms with Crippen LogP contribution in [-0.4, -0.2) is 8.75 Å². The van der Waals surface area contributed by atoms with E-state index in [1.807, 2.05) is 0 Å². The highest BCUT2D eigenvalue weighted by atomic mass is 32.1. The van der Waals surface area contributed by atoms with E-state index in [4.69, 9.17) is 0 Å². The van der Waals surface area contributed by atoms with Crippen molar-refractivity contribution in [3.63, 3.8) is 0 Å². The van der Waals surface area contributed by atoms with Gasteiger partial charge in [0.15, 0.2) is 5.82 Å². The maximum absolute atomic E-state index is 4.07. The van der Waals surface area contributed by atoms with Crippen LogP contribution in [0.4, 0.5) is 5.82 Å². The van der Waals surface area contributed by atoms with Gasteiger partial charge in [0.05, 0.1) is 17.9 Å². The average molecular weight is 205 g/mol. The number of rotatable bonds is 3. The number of nitrogens with zero attached hydrogens (tertiary/aromatic N) is 2. The van der Waals surface area contributed by atoms with E-state index >= 15 is 0 Å². The molecular formula is C10H11N3S. The third-order valence-corrected chi connectivity index (χ3v) is 2.40. The molecule has 0 bridgehead atoms. The van der Waals surface area contributed by atoms with Crippen LogP contribution < -0.4 is 5.32 Å². The summed E-state index contributed by atoms with van der Waals surface area (Å²) in [6, 6.07) is 8.41. The third-order valence-electron chi connectivity index (χ3n) is 1.92. The van der Waals surface area contributed by atoms with E-state index in [1.165, 1.54) is 22.9 Å². The van der Waals surface area contributed by atoms with Gasteiger partial charge in [-0.2, -0.15) is 8.75 Å². The first kappa shape index (κ1) is 9.15. The summed E-state index contributed by atoms with van der Waals surface area (Å²) in [5, 5.41) is 3.20. The molecule has 1 aromatic carbocycles. The van der Waals surface area contributed by atoms with Gasteiger partial charge in [0.25, 0.3) is 0 Å². The molecule has 72 valence electrons. The van der Waals surface area contributed by atoms with Gasteiger partial charge in [0.2, 0.25) is 0 Å². The van der Waals surface area contributed by atoms with Crippen LogP contribution in [0.25, 0.3) is 0 Å². The molecule has 1 heterocycles. The van der Waals surface area contributed by atoms with Gasteiger partial charge in [-0.3, -0.25) is 0 Å². The van der Waals surface area contributed by atoms with E-state index in [2.05, 4.69) is 45.3 Å². The topological polar surface area (TPSA) is 37.8 Å². The Morgan fingerprint density at radius 3 is 3.07 bits per heavy atom. The van der Waals surface area contributed by atoms with Crippen LogP contribution in [0, 0.1) is 6.92 Å². The van der Waals surface area contributed by atoms with Gasteiger partial charge in [0, 0.05) is 6.54 Å². The zero-order chi connectivity index (χ0) is 9.80. The first-order valence-electron chi connectivity index (χ1n) is 4.41. The summed E-state index contributed by atoms with van der Waals surface area (Å²) in [5.74, 6) is 0.844. The molecule has 2 rings (SSSR count). The molecule has 1 aromatic heterocycles. The Hall–Kier alpha value is -1.42. The van der Waals surface area contributed by atoms with Crippen molar-refractivity contribution in [2.45, 2.75) is 13.5 Å². The van der Waals surface area contributed by atoms with Crippen LogP contribution in [0.2, 0.25) is 0 Å². The molecule has 0 saturated heterocycles. The zero-order valence-electron chi connectivity index (χ0n) is 7.90. The van der Waals surface area contributed by atoms with Crippen molar-refractivity contribution in [2.24, 2.45) is 0 Å². The lowest BCUT2D eigenvalue weighted by atomic mass is 10.1. The highest BCUT2D eigenvalue weighted by Crippen LogP contribution is 2.07. The SMILES string of the molecule is Cc1cccc(CNc2cnsn2)c1. The molecule has 0 spiro atoms. The Labute approximate surface area is 87.1 Å². The normalized spacial score (nSPS) is 10.1. The van der Waals surface area contributed by atoms with Crippen molar-refractivity contribution in [3.8, 4) is 0 Å². The molecule has 4 heteroatoms. The summed E-state index contributed by atoms with van der Waals surface area (Å²) >= 11 is 1.22. The lowest BCUT2D eigenvalue weighted by Gasteiger charge is -2.03. The maximum atomic E-state index is 4.07. The fourth-order valence-corrected chi connectivity index (χ4v) is 1.65. The lowest BCUT2D eigenvalue weighted by Crippen LogP contribution is -1.99. The molecule has 1 N–H and O–H groups in total. The molecule has 0 atom stereocenters.